The Morgan fingerprint density at radius 2 is 2.08 bits per heavy atom. The Bertz CT molecular complexity index is 783. The van der Waals surface area contributed by atoms with E-state index in [0.717, 1.165) is 15.6 Å². The number of ether oxygens (including phenoxy) is 1. The van der Waals surface area contributed by atoms with Crippen molar-refractivity contribution in [3.8, 4) is 0 Å². The van der Waals surface area contributed by atoms with Gasteiger partial charge in [0.25, 0.3) is 5.91 Å². The molecule has 1 N–H and O–H groups in total. The van der Waals surface area contributed by atoms with Crippen molar-refractivity contribution in [3.63, 3.8) is 0 Å². The van der Waals surface area contributed by atoms with Crippen molar-refractivity contribution in [1.29, 1.82) is 0 Å². The van der Waals surface area contributed by atoms with Crippen molar-refractivity contribution in [1.82, 2.24) is 5.16 Å². The maximum absolute atomic E-state index is 11.9. The molecule has 0 aliphatic rings. The van der Waals surface area contributed by atoms with Crippen LogP contribution in [-0.2, 0) is 14.3 Å². The average molecular weight is 393 g/mol. The second-order valence-electron chi connectivity index (χ2n) is 5.25. The van der Waals surface area contributed by atoms with Gasteiger partial charge in [-0.05, 0) is 44.0 Å². The molecule has 1 amide bonds. The Balaban J connectivity index is 1.91. The summed E-state index contributed by atoms with van der Waals surface area (Å²) in [5.41, 5.74) is 1.95. The molecule has 126 valence electrons. The number of rotatable bonds is 5. The number of carbonyl (C=O) groups is 2. The van der Waals surface area contributed by atoms with Crippen LogP contribution in [0.3, 0.4) is 0 Å². The lowest BCUT2D eigenvalue weighted by Gasteiger charge is -2.10. The second-order valence-corrected chi connectivity index (χ2v) is 6.10. The molecule has 2 rings (SSSR count). The van der Waals surface area contributed by atoms with E-state index in [-0.39, 0.29) is 5.82 Å². The molecule has 0 spiro atoms. The van der Waals surface area contributed by atoms with Gasteiger partial charge in [-0.3, -0.25) is 4.79 Å². The summed E-state index contributed by atoms with van der Waals surface area (Å²) in [5.74, 6) is -0.246. The number of anilines is 1. The zero-order chi connectivity index (χ0) is 17.7. The van der Waals surface area contributed by atoms with Crippen molar-refractivity contribution in [3.05, 3.63) is 51.7 Å². The molecule has 24 heavy (non-hydrogen) atoms. The Kier molecular flexibility index (Phi) is 5.92. The molecule has 6 nitrogen and oxygen atoms in total. The summed E-state index contributed by atoms with van der Waals surface area (Å²) >= 11 is 3.43. The maximum Gasteiger partial charge on any atom is 0.331 e. The predicted molar refractivity (Wildman–Crippen MR) is 93.3 cm³/mol. The van der Waals surface area contributed by atoms with Gasteiger partial charge in [-0.15, -0.1) is 0 Å². The molecule has 1 aromatic heterocycles. The van der Waals surface area contributed by atoms with Crippen LogP contribution < -0.4 is 5.32 Å². The van der Waals surface area contributed by atoms with Crippen LogP contribution in [0.5, 0.6) is 0 Å². The van der Waals surface area contributed by atoms with Gasteiger partial charge in [0.1, 0.15) is 5.76 Å². The topological polar surface area (TPSA) is 81.4 Å². The van der Waals surface area contributed by atoms with E-state index in [1.807, 2.05) is 25.1 Å². The number of aryl methyl sites for hydroxylation is 2. The quantitative estimate of drug-likeness (QED) is 0.620. The highest BCUT2D eigenvalue weighted by Crippen LogP contribution is 2.19. The minimum atomic E-state index is -0.958. The number of amides is 1. The summed E-state index contributed by atoms with van der Waals surface area (Å²) in [4.78, 5) is 23.7. The molecule has 1 heterocycles. The first-order chi connectivity index (χ1) is 11.3. The number of nitrogens with one attached hydrogen (secondary N) is 1. The molecule has 0 unspecified atom stereocenters. The third-order valence-corrected chi connectivity index (χ3v) is 3.78. The number of nitrogens with zero attached hydrogens (tertiary/aromatic N) is 1. The second kappa shape index (κ2) is 7.92. The first-order valence-electron chi connectivity index (χ1n) is 7.24. The summed E-state index contributed by atoms with van der Waals surface area (Å²) in [6.07, 6.45) is 1.94. The van der Waals surface area contributed by atoms with E-state index in [1.54, 1.807) is 19.1 Å². The van der Waals surface area contributed by atoms with Crippen molar-refractivity contribution >= 4 is 39.7 Å². The van der Waals surface area contributed by atoms with Gasteiger partial charge in [-0.1, -0.05) is 33.2 Å². The molecular weight excluding hydrogens is 376 g/mol. The Labute approximate surface area is 148 Å². The SMILES string of the molecule is Cc1ccc(/C=C/C(=O)O[C@H](C)C(=O)Nc2cc(C)on2)c(Br)c1. The fraction of sp³-hybridized carbons (Fsp3) is 0.235. The van der Waals surface area contributed by atoms with E-state index in [9.17, 15) is 9.59 Å². The van der Waals surface area contributed by atoms with Gasteiger partial charge >= 0.3 is 5.97 Å². The standard InChI is InChI=1S/C17H17BrN2O4/c1-10-4-5-13(14(18)8-10)6-7-16(21)23-12(3)17(22)19-15-9-11(2)24-20-15/h4-9,12H,1-3H3,(H,19,20,22)/b7-6+/t12-/m1/s1. The molecule has 1 aromatic carbocycles. The monoisotopic (exact) mass is 392 g/mol. The van der Waals surface area contributed by atoms with E-state index in [4.69, 9.17) is 9.26 Å². The summed E-state index contributed by atoms with van der Waals surface area (Å²) in [6, 6.07) is 7.33. The summed E-state index contributed by atoms with van der Waals surface area (Å²) in [5, 5.41) is 6.15. The van der Waals surface area contributed by atoms with Crippen LogP contribution in [0.15, 0.2) is 39.3 Å². The van der Waals surface area contributed by atoms with Gasteiger partial charge in [0, 0.05) is 16.6 Å². The van der Waals surface area contributed by atoms with Crippen molar-refractivity contribution in [2.24, 2.45) is 0 Å². The van der Waals surface area contributed by atoms with Crippen molar-refractivity contribution < 1.29 is 18.8 Å². The summed E-state index contributed by atoms with van der Waals surface area (Å²) in [6.45, 7) is 5.17. The normalized spacial score (nSPS) is 12.2. The van der Waals surface area contributed by atoms with Gasteiger partial charge in [-0.25, -0.2) is 4.79 Å². The molecule has 7 heteroatoms. The zero-order valence-corrected chi connectivity index (χ0v) is 15.1. The van der Waals surface area contributed by atoms with Gasteiger partial charge in [0.15, 0.2) is 11.9 Å². The molecule has 0 aliphatic heterocycles. The van der Waals surface area contributed by atoms with Crippen LogP contribution in [0, 0.1) is 13.8 Å². The number of hydrogen-bond donors (Lipinski definition) is 1. The number of benzene rings is 1. The van der Waals surface area contributed by atoms with E-state index in [1.165, 1.54) is 13.0 Å². The van der Waals surface area contributed by atoms with Crippen LogP contribution in [-0.4, -0.2) is 23.1 Å². The molecular formula is C17H17BrN2O4. The fourth-order valence-corrected chi connectivity index (χ4v) is 2.47. The summed E-state index contributed by atoms with van der Waals surface area (Å²) < 4.78 is 10.8. The summed E-state index contributed by atoms with van der Waals surface area (Å²) in [7, 11) is 0. The lowest BCUT2D eigenvalue weighted by atomic mass is 10.1. The largest absolute Gasteiger partial charge is 0.449 e. The highest BCUT2D eigenvalue weighted by atomic mass is 79.9. The third kappa shape index (κ3) is 5.06. The van der Waals surface area contributed by atoms with E-state index < -0.39 is 18.0 Å². The van der Waals surface area contributed by atoms with E-state index in [2.05, 4.69) is 26.4 Å². The van der Waals surface area contributed by atoms with Gasteiger partial charge < -0.3 is 14.6 Å². The minimum Gasteiger partial charge on any atom is -0.449 e. The number of esters is 1. The molecule has 0 saturated carbocycles. The molecule has 0 bridgehead atoms. The zero-order valence-electron chi connectivity index (χ0n) is 13.5. The smallest absolute Gasteiger partial charge is 0.331 e. The first kappa shape index (κ1) is 17.9. The van der Waals surface area contributed by atoms with Crippen LogP contribution in [0.4, 0.5) is 5.82 Å². The van der Waals surface area contributed by atoms with Crippen LogP contribution in [0.25, 0.3) is 6.08 Å². The molecule has 0 aliphatic carbocycles. The lowest BCUT2D eigenvalue weighted by Crippen LogP contribution is -2.29. The Morgan fingerprint density at radius 3 is 2.71 bits per heavy atom. The van der Waals surface area contributed by atoms with Crippen molar-refractivity contribution in [2.75, 3.05) is 5.32 Å². The van der Waals surface area contributed by atoms with Gasteiger partial charge in [0.2, 0.25) is 0 Å². The Morgan fingerprint density at radius 1 is 1.33 bits per heavy atom. The van der Waals surface area contributed by atoms with Crippen LogP contribution in [0.1, 0.15) is 23.8 Å². The first-order valence-corrected chi connectivity index (χ1v) is 8.03. The fourth-order valence-electron chi connectivity index (χ4n) is 1.85. The molecule has 0 saturated heterocycles. The van der Waals surface area contributed by atoms with Crippen LogP contribution in [0.2, 0.25) is 0 Å². The molecule has 0 fully saturated rings. The minimum absolute atomic E-state index is 0.277. The Hall–Kier alpha value is -2.41. The highest BCUT2D eigenvalue weighted by Gasteiger charge is 2.18. The molecule has 2 aromatic rings. The number of carbonyl (C=O) groups excluding carboxylic acids is 2. The van der Waals surface area contributed by atoms with Gasteiger partial charge in [0.05, 0.1) is 0 Å². The molecule has 1 atom stereocenters. The average Bonchev–Trinajstić information content (AvgIpc) is 2.91. The maximum atomic E-state index is 11.9. The number of hydrogen-bond acceptors (Lipinski definition) is 5. The number of aromatic nitrogens is 1. The lowest BCUT2D eigenvalue weighted by molar-refractivity contribution is -0.148. The third-order valence-electron chi connectivity index (χ3n) is 3.10. The van der Waals surface area contributed by atoms with Crippen LogP contribution >= 0.6 is 15.9 Å². The predicted octanol–water partition coefficient (Wildman–Crippen LogP) is 3.64. The van der Waals surface area contributed by atoms with Crippen molar-refractivity contribution in [2.45, 2.75) is 26.9 Å². The van der Waals surface area contributed by atoms with E-state index in [0.29, 0.717) is 5.76 Å². The molecule has 0 radical (unpaired) electrons. The number of halogens is 1. The van der Waals surface area contributed by atoms with Gasteiger partial charge in [-0.2, -0.15) is 0 Å². The van der Waals surface area contributed by atoms with E-state index >= 15 is 0 Å². The highest BCUT2D eigenvalue weighted by molar-refractivity contribution is 9.10.